The lowest BCUT2D eigenvalue weighted by molar-refractivity contribution is -0.129. The van der Waals surface area contributed by atoms with Gasteiger partial charge in [0.25, 0.3) is 0 Å². The van der Waals surface area contributed by atoms with Gasteiger partial charge in [0, 0.05) is 11.5 Å². The molecule has 0 aromatic heterocycles. The molecule has 0 saturated carbocycles. The van der Waals surface area contributed by atoms with Crippen molar-refractivity contribution in [3.63, 3.8) is 0 Å². The fourth-order valence-electron chi connectivity index (χ4n) is 3.03. The third kappa shape index (κ3) is 1.76. The SMILES string of the molecule is CC[C@@H]1[C@](C)(O)C=C(C(C)(C)C)C(=O)[C@]12CO2. The summed E-state index contributed by atoms with van der Waals surface area (Å²) < 4.78 is 5.46. The third-order valence-corrected chi connectivity index (χ3v) is 4.01. The molecule has 1 N–H and O–H groups in total. The summed E-state index contributed by atoms with van der Waals surface area (Å²) in [4.78, 5) is 12.5. The maximum Gasteiger partial charge on any atom is 0.193 e. The Morgan fingerprint density at radius 2 is 2.06 bits per heavy atom. The molecule has 1 saturated heterocycles. The van der Waals surface area contributed by atoms with Crippen LogP contribution < -0.4 is 0 Å². The monoisotopic (exact) mass is 238 g/mol. The molecule has 1 aliphatic heterocycles. The molecule has 3 nitrogen and oxygen atoms in total. The van der Waals surface area contributed by atoms with E-state index in [4.69, 9.17) is 4.74 Å². The van der Waals surface area contributed by atoms with Crippen LogP contribution in [0.25, 0.3) is 0 Å². The van der Waals surface area contributed by atoms with Crippen molar-refractivity contribution in [2.75, 3.05) is 6.61 Å². The molecule has 1 spiro atoms. The number of ether oxygens (including phenoxy) is 1. The van der Waals surface area contributed by atoms with Crippen LogP contribution in [0.4, 0.5) is 0 Å². The Kier molecular flexibility index (Phi) is 2.57. The van der Waals surface area contributed by atoms with Crippen LogP contribution in [0.2, 0.25) is 0 Å². The van der Waals surface area contributed by atoms with Gasteiger partial charge in [-0.25, -0.2) is 0 Å². The van der Waals surface area contributed by atoms with E-state index in [1.54, 1.807) is 13.0 Å². The van der Waals surface area contributed by atoms with Crippen LogP contribution in [0.15, 0.2) is 11.6 Å². The zero-order valence-corrected chi connectivity index (χ0v) is 11.3. The van der Waals surface area contributed by atoms with Gasteiger partial charge in [0.1, 0.15) is 0 Å². The number of Topliss-reactive ketones (excluding diaryl/α,β-unsaturated/α-hetero) is 1. The molecule has 1 heterocycles. The number of carbonyl (C=O) groups excluding carboxylic acids is 1. The fraction of sp³-hybridized carbons (Fsp3) is 0.786. The van der Waals surface area contributed by atoms with Gasteiger partial charge in [0.2, 0.25) is 0 Å². The minimum atomic E-state index is -0.957. The molecule has 0 bridgehead atoms. The number of hydrogen-bond donors (Lipinski definition) is 1. The molecule has 1 aliphatic carbocycles. The quantitative estimate of drug-likeness (QED) is 0.712. The normalized spacial score (nSPS) is 41.6. The molecule has 1 fully saturated rings. The second-order valence-electron chi connectivity index (χ2n) is 6.50. The minimum absolute atomic E-state index is 0.0726. The smallest absolute Gasteiger partial charge is 0.193 e. The second-order valence-corrected chi connectivity index (χ2v) is 6.50. The molecular weight excluding hydrogens is 216 g/mol. The number of epoxide rings is 1. The molecular formula is C14H22O3. The van der Waals surface area contributed by atoms with E-state index in [2.05, 4.69) is 0 Å². The van der Waals surface area contributed by atoms with Gasteiger partial charge in [-0.3, -0.25) is 4.79 Å². The van der Waals surface area contributed by atoms with Crippen molar-refractivity contribution >= 4 is 5.78 Å². The molecule has 0 unspecified atom stereocenters. The van der Waals surface area contributed by atoms with Gasteiger partial charge in [-0.05, 0) is 24.8 Å². The summed E-state index contributed by atoms with van der Waals surface area (Å²) in [7, 11) is 0. The first-order chi connectivity index (χ1) is 7.65. The maximum atomic E-state index is 12.5. The van der Waals surface area contributed by atoms with Crippen molar-refractivity contribution < 1.29 is 14.6 Å². The van der Waals surface area contributed by atoms with Crippen molar-refractivity contribution in [1.82, 2.24) is 0 Å². The van der Waals surface area contributed by atoms with Gasteiger partial charge < -0.3 is 9.84 Å². The van der Waals surface area contributed by atoms with Crippen LogP contribution in [0.5, 0.6) is 0 Å². The highest BCUT2D eigenvalue weighted by Gasteiger charge is 2.65. The van der Waals surface area contributed by atoms with Crippen molar-refractivity contribution in [3.8, 4) is 0 Å². The summed E-state index contributed by atoms with van der Waals surface area (Å²) in [6.45, 7) is 10.2. The molecule has 96 valence electrons. The minimum Gasteiger partial charge on any atom is -0.386 e. The van der Waals surface area contributed by atoms with Gasteiger partial charge in [-0.15, -0.1) is 0 Å². The third-order valence-electron chi connectivity index (χ3n) is 4.01. The van der Waals surface area contributed by atoms with Crippen molar-refractivity contribution in [2.24, 2.45) is 11.3 Å². The standard InChI is InChI=1S/C14H22O3/c1-6-10-13(5,16)7-9(12(2,3)4)11(15)14(10)8-17-14/h7,10,16H,6,8H2,1-5H3/t10-,13-,14+/m1/s1. The Morgan fingerprint density at radius 1 is 1.53 bits per heavy atom. The summed E-state index contributed by atoms with van der Waals surface area (Å²) in [5, 5.41) is 10.6. The molecule has 17 heavy (non-hydrogen) atoms. The van der Waals surface area contributed by atoms with E-state index in [0.29, 0.717) is 12.2 Å². The Hall–Kier alpha value is -0.670. The second kappa shape index (κ2) is 3.42. The van der Waals surface area contributed by atoms with Crippen molar-refractivity contribution in [1.29, 1.82) is 0 Å². The first-order valence-corrected chi connectivity index (χ1v) is 6.29. The summed E-state index contributed by atoms with van der Waals surface area (Å²) >= 11 is 0. The summed E-state index contributed by atoms with van der Waals surface area (Å²) in [5.41, 5.74) is -1.25. The van der Waals surface area contributed by atoms with Gasteiger partial charge in [0.05, 0.1) is 12.2 Å². The molecule has 3 atom stereocenters. The number of hydrogen-bond acceptors (Lipinski definition) is 3. The number of aliphatic hydroxyl groups is 1. The Labute approximate surface area is 103 Å². The predicted octanol–water partition coefficient (Wildman–Crippen LogP) is 2.09. The van der Waals surface area contributed by atoms with E-state index >= 15 is 0 Å². The van der Waals surface area contributed by atoms with E-state index in [0.717, 1.165) is 6.42 Å². The molecule has 0 amide bonds. The van der Waals surface area contributed by atoms with Crippen LogP contribution in [0, 0.1) is 11.3 Å². The lowest BCUT2D eigenvalue weighted by Gasteiger charge is -2.41. The van der Waals surface area contributed by atoms with E-state index in [1.807, 2.05) is 27.7 Å². The molecule has 0 aromatic rings. The first kappa shape index (κ1) is 12.8. The summed E-state index contributed by atoms with van der Waals surface area (Å²) in [6.07, 6.45) is 2.49. The number of rotatable bonds is 1. The van der Waals surface area contributed by atoms with E-state index in [-0.39, 0.29) is 17.1 Å². The van der Waals surface area contributed by atoms with Crippen LogP contribution in [-0.2, 0) is 9.53 Å². The van der Waals surface area contributed by atoms with Gasteiger partial charge in [-0.2, -0.15) is 0 Å². The summed E-state index contributed by atoms with van der Waals surface area (Å²) in [6, 6.07) is 0. The molecule has 2 aliphatic rings. The van der Waals surface area contributed by atoms with Crippen LogP contribution in [-0.4, -0.2) is 28.7 Å². The number of carbonyl (C=O) groups is 1. The number of ketones is 1. The highest BCUT2D eigenvalue weighted by molar-refractivity contribution is 6.06. The lowest BCUT2D eigenvalue weighted by Crippen LogP contribution is -2.52. The lowest BCUT2D eigenvalue weighted by atomic mass is 9.64. The first-order valence-electron chi connectivity index (χ1n) is 6.29. The van der Waals surface area contributed by atoms with Crippen LogP contribution in [0.3, 0.4) is 0 Å². The van der Waals surface area contributed by atoms with Gasteiger partial charge in [0.15, 0.2) is 11.4 Å². The highest BCUT2D eigenvalue weighted by Crippen LogP contribution is 2.51. The van der Waals surface area contributed by atoms with Crippen LogP contribution >= 0.6 is 0 Å². The molecule has 0 radical (unpaired) electrons. The van der Waals surface area contributed by atoms with Crippen molar-refractivity contribution in [2.45, 2.75) is 52.2 Å². The molecule has 2 rings (SSSR count). The van der Waals surface area contributed by atoms with Crippen LogP contribution in [0.1, 0.15) is 41.0 Å². The topological polar surface area (TPSA) is 49.8 Å². The van der Waals surface area contributed by atoms with Crippen molar-refractivity contribution in [3.05, 3.63) is 11.6 Å². The zero-order chi connectivity index (χ0) is 13.1. The van der Waals surface area contributed by atoms with Gasteiger partial charge in [-0.1, -0.05) is 27.7 Å². The van der Waals surface area contributed by atoms with Gasteiger partial charge >= 0.3 is 0 Å². The molecule has 0 aromatic carbocycles. The Morgan fingerprint density at radius 3 is 2.41 bits per heavy atom. The predicted molar refractivity (Wildman–Crippen MR) is 65.6 cm³/mol. The Bertz CT molecular complexity index is 381. The average Bonchev–Trinajstić information content (AvgIpc) is 2.92. The fourth-order valence-corrected chi connectivity index (χ4v) is 3.03. The maximum absolute atomic E-state index is 12.5. The molecule has 3 heteroatoms. The largest absolute Gasteiger partial charge is 0.386 e. The average molecular weight is 238 g/mol. The van der Waals surface area contributed by atoms with E-state index in [1.165, 1.54) is 0 Å². The zero-order valence-electron chi connectivity index (χ0n) is 11.3. The Balaban J connectivity index is 2.52. The van der Waals surface area contributed by atoms with E-state index < -0.39 is 11.2 Å². The summed E-state index contributed by atoms with van der Waals surface area (Å²) in [5.74, 6) is -0.0584. The van der Waals surface area contributed by atoms with E-state index in [9.17, 15) is 9.90 Å². The highest BCUT2D eigenvalue weighted by atomic mass is 16.6.